The van der Waals surface area contributed by atoms with Crippen molar-refractivity contribution >= 4 is 5.97 Å². The normalized spacial score (nSPS) is 9.73. The van der Waals surface area contributed by atoms with Gasteiger partial charge in [-0.1, -0.05) is 6.92 Å². The zero-order chi connectivity index (χ0) is 11.1. The van der Waals surface area contributed by atoms with Crippen molar-refractivity contribution in [3.8, 4) is 5.88 Å². The predicted octanol–water partition coefficient (Wildman–Crippen LogP) is 2.05. The van der Waals surface area contributed by atoms with Crippen LogP contribution >= 0.6 is 0 Å². The number of esters is 1. The summed E-state index contributed by atoms with van der Waals surface area (Å²) in [5.74, 6) is 0.178. The van der Waals surface area contributed by atoms with Crippen molar-refractivity contribution in [3.05, 3.63) is 23.9 Å². The first kappa shape index (κ1) is 11.5. The molecule has 0 aliphatic rings. The first-order chi connectivity index (χ1) is 7.27. The van der Waals surface area contributed by atoms with E-state index in [-0.39, 0.29) is 5.97 Å². The Bertz CT molecular complexity index is 308. The van der Waals surface area contributed by atoms with E-state index in [4.69, 9.17) is 9.47 Å². The molecule has 1 aromatic rings. The second-order valence-electron chi connectivity index (χ2n) is 2.95. The largest absolute Gasteiger partial charge is 0.478 e. The van der Waals surface area contributed by atoms with Crippen LogP contribution in [0.25, 0.3) is 0 Å². The number of hydrogen-bond donors (Lipinski definition) is 0. The van der Waals surface area contributed by atoms with E-state index in [2.05, 4.69) is 4.98 Å². The number of aromatic nitrogens is 1. The fourth-order valence-electron chi connectivity index (χ4n) is 1.01. The van der Waals surface area contributed by atoms with Gasteiger partial charge in [0, 0.05) is 12.3 Å². The highest BCUT2D eigenvalue weighted by atomic mass is 16.5. The van der Waals surface area contributed by atoms with Crippen LogP contribution in [0.2, 0.25) is 0 Å². The molecule has 0 aliphatic heterocycles. The summed E-state index contributed by atoms with van der Waals surface area (Å²) in [6, 6.07) is 3.32. The molecule has 0 radical (unpaired) electrons. The second kappa shape index (κ2) is 6.01. The van der Waals surface area contributed by atoms with Crippen molar-refractivity contribution in [1.29, 1.82) is 0 Å². The van der Waals surface area contributed by atoms with Crippen LogP contribution in [0.15, 0.2) is 18.3 Å². The molecule has 0 fully saturated rings. The van der Waals surface area contributed by atoms with Crippen molar-refractivity contribution in [2.75, 3.05) is 13.2 Å². The van der Waals surface area contributed by atoms with Gasteiger partial charge in [0.1, 0.15) is 0 Å². The van der Waals surface area contributed by atoms with E-state index in [1.54, 1.807) is 19.1 Å². The van der Waals surface area contributed by atoms with Crippen LogP contribution in [0.3, 0.4) is 0 Å². The van der Waals surface area contributed by atoms with Crippen LogP contribution in [-0.2, 0) is 4.74 Å². The topological polar surface area (TPSA) is 48.4 Å². The molecule has 1 heterocycles. The average molecular weight is 209 g/mol. The maximum atomic E-state index is 11.3. The molecule has 0 aliphatic carbocycles. The molecule has 0 saturated carbocycles. The lowest BCUT2D eigenvalue weighted by atomic mass is 10.3. The summed E-state index contributed by atoms with van der Waals surface area (Å²) in [5, 5.41) is 0. The summed E-state index contributed by atoms with van der Waals surface area (Å²) >= 11 is 0. The van der Waals surface area contributed by atoms with E-state index >= 15 is 0 Å². The maximum absolute atomic E-state index is 11.3. The minimum Gasteiger partial charge on any atom is -0.478 e. The lowest BCUT2D eigenvalue weighted by Gasteiger charge is -2.04. The van der Waals surface area contributed by atoms with E-state index in [9.17, 15) is 4.79 Å². The van der Waals surface area contributed by atoms with Gasteiger partial charge in [0.05, 0.1) is 18.8 Å². The zero-order valence-corrected chi connectivity index (χ0v) is 9.03. The third-order valence-corrected chi connectivity index (χ3v) is 1.70. The Morgan fingerprint density at radius 2 is 2.20 bits per heavy atom. The van der Waals surface area contributed by atoms with Gasteiger partial charge in [-0.05, 0) is 19.4 Å². The Labute approximate surface area is 89.2 Å². The van der Waals surface area contributed by atoms with Gasteiger partial charge in [-0.25, -0.2) is 9.78 Å². The van der Waals surface area contributed by atoms with E-state index in [1.807, 2.05) is 6.92 Å². The van der Waals surface area contributed by atoms with Crippen LogP contribution in [0.1, 0.15) is 30.6 Å². The SMILES string of the molecule is CCCOc1ccc(C(=O)OCC)cn1. The van der Waals surface area contributed by atoms with Crippen LogP contribution in [0, 0.1) is 0 Å². The zero-order valence-electron chi connectivity index (χ0n) is 9.03. The molecule has 15 heavy (non-hydrogen) atoms. The van der Waals surface area contributed by atoms with Crippen molar-refractivity contribution in [2.24, 2.45) is 0 Å². The third kappa shape index (κ3) is 3.58. The van der Waals surface area contributed by atoms with Crippen molar-refractivity contribution in [1.82, 2.24) is 4.98 Å². The monoisotopic (exact) mass is 209 g/mol. The van der Waals surface area contributed by atoms with Gasteiger partial charge >= 0.3 is 5.97 Å². The number of nitrogens with zero attached hydrogens (tertiary/aromatic N) is 1. The van der Waals surface area contributed by atoms with E-state index < -0.39 is 0 Å². The maximum Gasteiger partial charge on any atom is 0.339 e. The predicted molar refractivity (Wildman–Crippen MR) is 56.0 cm³/mol. The van der Waals surface area contributed by atoms with Crippen molar-refractivity contribution in [2.45, 2.75) is 20.3 Å². The summed E-state index contributed by atoms with van der Waals surface area (Å²) in [6.07, 6.45) is 2.39. The lowest BCUT2D eigenvalue weighted by molar-refractivity contribution is 0.0526. The molecule has 1 rings (SSSR count). The highest BCUT2D eigenvalue weighted by Crippen LogP contribution is 2.08. The molecule has 0 atom stereocenters. The summed E-state index contributed by atoms with van der Waals surface area (Å²) < 4.78 is 10.1. The Hall–Kier alpha value is -1.58. The summed E-state index contributed by atoms with van der Waals surface area (Å²) in [5.41, 5.74) is 0.445. The quantitative estimate of drug-likeness (QED) is 0.696. The van der Waals surface area contributed by atoms with Crippen molar-refractivity contribution < 1.29 is 14.3 Å². The fourth-order valence-corrected chi connectivity index (χ4v) is 1.01. The Morgan fingerprint density at radius 1 is 1.40 bits per heavy atom. The molecule has 0 saturated heterocycles. The first-order valence-corrected chi connectivity index (χ1v) is 5.04. The molecule has 0 bridgehead atoms. The number of ether oxygens (including phenoxy) is 2. The van der Waals surface area contributed by atoms with Gasteiger partial charge in [0.25, 0.3) is 0 Å². The summed E-state index contributed by atoms with van der Waals surface area (Å²) in [7, 11) is 0. The number of hydrogen-bond acceptors (Lipinski definition) is 4. The molecule has 1 aromatic heterocycles. The average Bonchev–Trinajstić information content (AvgIpc) is 2.27. The third-order valence-electron chi connectivity index (χ3n) is 1.70. The van der Waals surface area contributed by atoms with Crippen LogP contribution < -0.4 is 4.74 Å². The summed E-state index contributed by atoms with van der Waals surface area (Å²) in [4.78, 5) is 15.3. The van der Waals surface area contributed by atoms with Gasteiger partial charge in [-0.2, -0.15) is 0 Å². The van der Waals surface area contributed by atoms with Crippen LogP contribution in [0.5, 0.6) is 5.88 Å². The molecular weight excluding hydrogens is 194 g/mol. The van der Waals surface area contributed by atoms with Gasteiger partial charge in [0.2, 0.25) is 5.88 Å². The molecule has 82 valence electrons. The molecule has 0 N–H and O–H groups in total. The van der Waals surface area contributed by atoms with Gasteiger partial charge in [0.15, 0.2) is 0 Å². The molecule has 0 amide bonds. The second-order valence-corrected chi connectivity index (χ2v) is 2.95. The molecule has 0 aromatic carbocycles. The van der Waals surface area contributed by atoms with Crippen LogP contribution in [0.4, 0.5) is 0 Å². The highest BCUT2D eigenvalue weighted by Gasteiger charge is 2.06. The minimum atomic E-state index is -0.355. The van der Waals surface area contributed by atoms with E-state index in [0.717, 1.165) is 6.42 Å². The number of carbonyl (C=O) groups excluding carboxylic acids is 1. The Balaban J connectivity index is 2.59. The lowest BCUT2D eigenvalue weighted by Crippen LogP contribution is -2.05. The minimum absolute atomic E-state index is 0.355. The Kier molecular flexibility index (Phi) is 4.60. The van der Waals surface area contributed by atoms with Gasteiger partial charge in [-0.3, -0.25) is 0 Å². The molecule has 0 unspecified atom stereocenters. The molecule has 0 spiro atoms. The van der Waals surface area contributed by atoms with Gasteiger partial charge < -0.3 is 9.47 Å². The smallest absolute Gasteiger partial charge is 0.339 e. The highest BCUT2D eigenvalue weighted by molar-refractivity contribution is 5.89. The number of pyridine rings is 1. The van der Waals surface area contributed by atoms with E-state index in [1.165, 1.54) is 6.20 Å². The molecular formula is C11H15NO3. The summed E-state index contributed by atoms with van der Waals surface area (Å²) in [6.45, 7) is 4.79. The molecule has 4 nitrogen and oxygen atoms in total. The van der Waals surface area contributed by atoms with Crippen LogP contribution in [-0.4, -0.2) is 24.2 Å². The van der Waals surface area contributed by atoms with Crippen molar-refractivity contribution in [3.63, 3.8) is 0 Å². The number of rotatable bonds is 5. The Morgan fingerprint density at radius 3 is 2.73 bits per heavy atom. The van der Waals surface area contributed by atoms with E-state index in [0.29, 0.717) is 24.7 Å². The standard InChI is InChI=1S/C11H15NO3/c1-3-7-15-10-6-5-9(8-12-10)11(13)14-4-2/h5-6,8H,3-4,7H2,1-2H3. The number of carbonyl (C=O) groups is 1. The fraction of sp³-hybridized carbons (Fsp3) is 0.455. The van der Waals surface area contributed by atoms with Gasteiger partial charge in [-0.15, -0.1) is 0 Å². The molecule has 4 heteroatoms. The first-order valence-electron chi connectivity index (χ1n) is 5.04.